The van der Waals surface area contributed by atoms with Crippen LogP contribution in [-0.2, 0) is 9.53 Å². The predicted molar refractivity (Wildman–Crippen MR) is 131 cm³/mol. The van der Waals surface area contributed by atoms with Gasteiger partial charge >= 0.3 is 5.97 Å². The molecule has 0 fully saturated rings. The van der Waals surface area contributed by atoms with E-state index in [0.717, 1.165) is 0 Å². The number of carbonyl (C=O) groups excluding carboxylic acids is 3. The van der Waals surface area contributed by atoms with Crippen LogP contribution in [0.5, 0.6) is 11.5 Å². The van der Waals surface area contributed by atoms with Crippen molar-refractivity contribution in [2.45, 2.75) is 0 Å². The molecule has 0 spiro atoms. The maximum absolute atomic E-state index is 12.4. The van der Waals surface area contributed by atoms with Crippen LogP contribution in [0, 0.1) is 0 Å². The SMILES string of the molecule is O=C(COC(=O)c1cccc(NC(=O)c2cccs2)c1)Nc1ccccc1Oc1ccccc1. The molecule has 4 rings (SSSR count). The van der Waals surface area contributed by atoms with E-state index in [4.69, 9.17) is 9.47 Å². The first-order chi connectivity index (χ1) is 16.6. The molecule has 4 aromatic rings. The Kier molecular flexibility index (Phi) is 7.32. The third-order valence-corrected chi connectivity index (χ3v) is 5.44. The molecule has 2 amide bonds. The Morgan fingerprint density at radius 2 is 1.59 bits per heavy atom. The Balaban J connectivity index is 1.33. The number of para-hydroxylation sites is 3. The van der Waals surface area contributed by atoms with Gasteiger partial charge in [-0.25, -0.2) is 4.79 Å². The zero-order chi connectivity index (χ0) is 23.8. The van der Waals surface area contributed by atoms with Gasteiger partial charge in [-0.3, -0.25) is 9.59 Å². The first-order valence-corrected chi connectivity index (χ1v) is 11.2. The lowest BCUT2D eigenvalue weighted by Gasteiger charge is -2.12. The van der Waals surface area contributed by atoms with Gasteiger partial charge in [-0.1, -0.05) is 42.5 Å². The number of amides is 2. The van der Waals surface area contributed by atoms with E-state index in [1.165, 1.54) is 17.4 Å². The molecule has 0 saturated carbocycles. The van der Waals surface area contributed by atoms with Crippen LogP contribution in [0.4, 0.5) is 11.4 Å². The Hall–Kier alpha value is -4.43. The number of hydrogen-bond donors (Lipinski definition) is 2. The molecule has 0 bridgehead atoms. The van der Waals surface area contributed by atoms with E-state index < -0.39 is 18.5 Å². The summed E-state index contributed by atoms with van der Waals surface area (Å²) in [5.41, 5.74) is 1.11. The van der Waals surface area contributed by atoms with E-state index in [9.17, 15) is 14.4 Å². The minimum absolute atomic E-state index is 0.213. The molecule has 170 valence electrons. The molecule has 0 radical (unpaired) electrons. The van der Waals surface area contributed by atoms with E-state index in [1.54, 1.807) is 72.1 Å². The Morgan fingerprint density at radius 1 is 0.794 bits per heavy atom. The number of esters is 1. The van der Waals surface area contributed by atoms with Gasteiger partial charge in [-0.05, 0) is 53.9 Å². The number of hydrogen-bond acceptors (Lipinski definition) is 6. The molecular weight excluding hydrogens is 452 g/mol. The maximum Gasteiger partial charge on any atom is 0.338 e. The van der Waals surface area contributed by atoms with Gasteiger partial charge in [0.25, 0.3) is 11.8 Å². The van der Waals surface area contributed by atoms with Crippen molar-refractivity contribution in [1.29, 1.82) is 0 Å². The fourth-order valence-electron chi connectivity index (χ4n) is 3.00. The third kappa shape index (κ3) is 6.08. The third-order valence-electron chi connectivity index (χ3n) is 4.57. The van der Waals surface area contributed by atoms with Crippen LogP contribution >= 0.6 is 11.3 Å². The van der Waals surface area contributed by atoms with Crippen LogP contribution in [0.2, 0.25) is 0 Å². The molecule has 0 atom stereocenters. The average Bonchev–Trinajstić information content (AvgIpc) is 3.40. The standard InChI is InChI=1S/C26H20N2O5S/c29-24(28-21-12-4-5-13-22(21)33-20-10-2-1-3-11-20)17-32-26(31)18-8-6-9-19(16-18)27-25(30)23-14-7-15-34-23/h1-16H,17H2,(H,27,30)(H,28,29). The van der Waals surface area contributed by atoms with Gasteiger partial charge < -0.3 is 20.1 Å². The van der Waals surface area contributed by atoms with Gasteiger partial charge in [-0.15, -0.1) is 11.3 Å². The second-order valence-electron chi connectivity index (χ2n) is 7.05. The van der Waals surface area contributed by atoms with Crippen molar-refractivity contribution in [1.82, 2.24) is 0 Å². The summed E-state index contributed by atoms with van der Waals surface area (Å²) in [6.45, 7) is -0.482. The summed E-state index contributed by atoms with van der Waals surface area (Å²) in [4.78, 5) is 37.6. The Bertz CT molecular complexity index is 1290. The highest BCUT2D eigenvalue weighted by Gasteiger charge is 2.14. The Labute approximate surface area is 200 Å². The smallest absolute Gasteiger partial charge is 0.338 e. The minimum Gasteiger partial charge on any atom is -0.455 e. The minimum atomic E-state index is -0.684. The van der Waals surface area contributed by atoms with Gasteiger partial charge in [0.15, 0.2) is 12.4 Å². The van der Waals surface area contributed by atoms with Gasteiger partial charge in [-0.2, -0.15) is 0 Å². The van der Waals surface area contributed by atoms with Crippen LogP contribution in [0.25, 0.3) is 0 Å². The highest BCUT2D eigenvalue weighted by Crippen LogP contribution is 2.29. The number of ether oxygens (including phenoxy) is 2. The molecule has 2 N–H and O–H groups in total. The predicted octanol–water partition coefficient (Wildman–Crippen LogP) is 5.59. The van der Waals surface area contributed by atoms with E-state index >= 15 is 0 Å². The normalized spacial score (nSPS) is 10.2. The van der Waals surface area contributed by atoms with Crippen molar-refractivity contribution >= 4 is 40.5 Å². The quantitative estimate of drug-likeness (QED) is 0.326. The van der Waals surface area contributed by atoms with Crippen molar-refractivity contribution in [3.05, 3.63) is 107 Å². The second-order valence-corrected chi connectivity index (χ2v) is 8.00. The summed E-state index contributed by atoms with van der Waals surface area (Å²) in [5, 5.41) is 7.23. The van der Waals surface area contributed by atoms with Gasteiger partial charge in [0.1, 0.15) is 5.75 Å². The average molecular weight is 473 g/mol. The second kappa shape index (κ2) is 10.9. The van der Waals surface area contributed by atoms with Gasteiger partial charge in [0.2, 0.25) is 0 Å². The first-order valence-electron chi connectivity index (χ1n) is 10.3. The molecular formula is C26H20N2O5S. The van der Waals surface area contributed by atoms with Crippen molar-refractivity contribution in [3.8, 4) is 11.5 Å². The number of anilines is 2. The highest BCUT2D eigenvalue weighted by atomic mass is 32.1. The molecule has 1 heterocycles. The van der Waals surface area contributed by atoms with Crippen molar-refractivity contribution in [3.63, 3.8) is 0 Å². The molecule has 0 aliphatic rings. The molecule has 0 unspecified atom stereocenters. The number of benzene rings is 3. The zero-order valence-electron chi connectivity index (χ0n) is 17.9. The molecule has 34 heavy (non-hydrogen) atoms. The summed E-state index contributed by atoms with van der Waals surface area (Å²) in [6, 6.07) is 26.0. The zero-order valence-corrected chi connectivity index (χ0v) is 18.7. The fraction of sp³-hybridized carbons (Fsp3) is 0.0385. The number of nitrogens with one attached hydrogen (secondary N) is 2. The lowest BCUT2D eigenvalue weighted by atomic mass is 10.2. The van der Waals surface area contributed by atoms with Crippen molar-refractivity contribution < 1.29 is 23.9 Å². The van der Waals surface area contributed by atoms with E-state index in [2.05, 4.69) is 10.6 Å². The number of rotatable bonds is 8. The maximum atomic E-state index is 12.4. The highest BCUT2D eigenvalue weighted by molar-refractivity contribution is 7.12. The van der Waals surface area contributed by atoms with Crippen LogP contribution in [0.3, 0.4) is 0 Å². The molecule has 0 saturated heterocycles. The summed E-state index contributed by atoms with van der Waals surface area (Å²) >= 11 is 1.32. The summed E-state index contributed by atoms with van der Waals surface area (Å²) < 4.78 is 11.0. The summed E-state index contributed by atoms with van der Waals surface area (Å²) in [5.74, 6) is -0.378. The van der Waals surface area contributed by atoms with E-state index in [1.807, 2.05) is 18.2 Å². The lowest BCUT2D eigenvalue weighted by molar-refractivity contribution is -0.119. The van der Waals surface area contributed by atoms with Crippen LogP contribution in [-0.4, -0.2) is 24.4 Å². The largest absolute Gasteiger partial charge is 0.455 e. The van der Waals surface area contributed by atoms with Crippen molar-refractivity contribution in [2.24, 2.45) is 0 Å². The van der Waals surface area contributed by atoms with Crippen LogP contribution < -0.4 is 15.4 Å². The monoisotopic (exact) mass is 472 g/mol. The van der Waals surface area contributed by atoms with Gasteiger partial charge in [0.05, 0.1) is 16.1 Å². The topological polar surface area (TPSA) is 93.7 Å². The van der Waals surface area contributed by atoms with Crippen molar-refractivity contribution in [2.75, 3.05) is 17.2 Å². The Morgan fingerprint density at radius 3 is 2.38 bits per heavy atom. The molecule has 7 nitrogen and oxygen atoms in total. The van der Waals surface area contributed by atoms with Crippen LogP contribution in [0.15, 0.2) is 96.4 Å². The summed E-state index contributed by atoms with van der Waals surface area (Å²) in [6.07, 6.45) is 0. The van der Waals surface area contributed by atoms with Gasteiger partial charge in [0, 0.05) is 5.69 Å². The lowest BCUT2D eigenvalue weighted by Crippen LogP contribution is -2.21. The number of thiophene rings is 1. The first kappa shape index (κ1) is 22.8. The number of carbonyl (C=O) groups is 3. The molecule has 0 aliphatic carbocycles. The van der Waals surface area contributed by atoms with E-state index in [0.29, 0.717) is 27.8 Å². The molecule has 0 aliphatic heterocycles. The molecule has 8 heteroatoms. The molecule has 3 aromatic carbocycles. The van der Waals surface area contributed by atoms with E-state index in [-0.39, 0.29) is 11.5 Å². The summed E-state index contributed by atoms with van der Waals surface area (Å²) in [7, 11) is 0. The fourth-order valence-corrected chi connectivity index (χ4v) is 3.62. The molecule has 1 aromatic heterocycles. The van der Waals surface area contributed by atoms with Crippen LogP contribution in [0.1, 0.15) is 20.0 Å².